The minimum Gasteiger partial charge on any atom is -0.390 e. The Morgan fingerprint density at radius 3 is 2.93 bits per heavy atom. The number of aromatic nitrogens is 1. The maximum atomic E-state index is 11.6. The Kier molecular flexibility index (Phi) is 3.14. The normalized spacial score (nSPS) is 13.2. The first kappa shape index (κ1) is 10.7. The SMILES string of the molecule is O=c1sc2ccccc2n1CC(O)CS. The molecule has 0 fully saturated rings. The van der Waals surface area contributed by atoms with Gasteiger partial charge in [-0.3, -0.25) is 9.36 Å². The van der Waals surface area contributed by atoms with Crippen molar-refractivity contribution in [3.63, 3.8) is 0 Å². The number of aliphatic hydroxyl groups is 1. The van der Waals surface area contributed by atoms with Gasteiger partial charge in [0.25, 0.3) is 0 Å². The van der Waals surface area contributed by atoms with Crippen molar-refractivity contribution in [1.82, 2.24) is 4.57 Å². The second kappa shape index (κ2) is 4.38. The fourth-order valence-electron chi connectivity index (χ4n) is 1.46. The summed E-state index contributed by atoms with van der Waals surface area (Å²) in [7, 11) is 0. The molecule has 2 rings (SSSR count). The molecule has 1 unspecified atom stereocenters. The van der Waals surface area contributed by atoms with Crippen molar-refractivity contribution in [3.05, 3.63) is 33.9 Å². The molecule has 1 aromatic carbocycles. The summed E-state index contributed by atoms with van der Waals surface area (Å²) in [5, 5.41) is 9.48. The maximum Gasteiger partial charge on any atom is 0.308 e. The molecule has 0 aliphatic carbocycles. The molecule has 0 aliphatic heterocycles. The molecule has 0 saturated heterocycles. The van der Waals surface area contributed by atoms with Crippen LogP contribution < -0.4 is 4.87 Å². The zero-order valence-corrected chi connectivity index (χ0v) is 9.67. The Balaban J connectivity index is 2.50. The van der Waals surface area contributed by atoms with Gasteiger partial charge in [-0.1, -0.05) is 23.5 Å². The Morgan fingerprint density at radius 1 is 1.47 bits per heavy atom. The molecule has 1 heterocycles. The molecule has 15 heavy (non-hydrogen) atoms. The molecule has 1 N–H and O–H groups in total. The molecule has 80 valence electrons. The lowest BCUT2D eigenvalue weighted by molar-refractivity contribution is 0.179. The van der Waals surface area contributed by atoms with Crippen LogP contribution in [0.1, 0.15) is 0 Å². The third kappa shape index (κ3) is 2.09. The summed E-state index contributed by atoms with van der Waals surface area (Å²) in [5.74, 6) is 0.358. The van der Waals surface area contributed by atoms with Crippen LogP contribution >= 0.6 is 24.0 Å². The monoisotopic (exact) mass is 241 g/mol. The van der Waals surface area contributed by atoms with E-state index in [1.807, 2.05) is 24.3 Å². The van der Waals surface area contributed by atoms with Crippen LogP contribution in [0.5, 0.6) is 0 Å². The van der Waals surface area contributed by atoms with Gasteiger partial charge >= 0.3 is 4.87 Å². The molecule has 1 atom stereocenters. The third-order valence-electron chi connectivity index (χ3n) is 2.18. The van der Waals surface area contributed by atoms with E-state index in [-0.39, 0.29) is 4.87 Å². The van der Waals surface area contributed by atoms with Crippen molar-refractivity contribution < 1.29 is 5.11 Å². The highest BCUT2D eigenvalue weighted by molar-refractivity contribution is 7.80. The van der Waals surface area contributed by atoms with Crippen molar-refractivity contribution >= 4 is 34.2 Å². The maximum absolute atomic E-state index is 11.6. The average Bonchev–Trinajstić information content (AvgIpc) is 2.55. The van der Waals surface area contributed by atoms with E-state index in [2.05, 4.69) is 12.6 Å². The number of rotatable bonds is 3. The minimum absolute atomic E-state index is 0.0305. The first-order valence-electron chi connectivity index (χ1n) is 4.59. The van der Waals surface area contributed by atoms with Crippen molar-refractivity contribution in [2.45, 2.75) is 12.6 Å². The lowest BCUT2D eigenvalue weighted by Gasteiger charge is -2.08. The number of benzene rings is 1. The van der Waals surface area contributed by atoms with Crippen LogP contribution in [0.15, 0.2) is 29.1 Å². The van der Waals surface area contributed by atoms with Crippen molar-refractivity contribution in [1.29, 1.82) is 0 Å². The number of fused-ring (bicyclic) bond motifs is 1. The lowest BCUT2D eigenvalue weighted by atomic mass is 10.3. The van der Waals surface area contributed by atoms with Crippen LogP contribution in [-0.4, -0.2) is 21.5 Å². The number of hydrogen-bond acceptors (Lipinski definition) is 4. The Morgan fingerprint density at radius 2 is 2.20 bits per heavy atom. The predicted octanol–water partition coefficient (Wildman–Crippen LogP) is 1.35. The molecular formula is C10H11NO2S2. The van der Waals surface area contributed by atoms with Gasteiger partial charge in [0.15, 0.2) is 0 Å². The molecule has 0 bridgehead atoms. The van der Waals surface area contributed by atoms with Gasteiger partial charge in [0, 0.05) is 5.75 Å². The van der Waals surface area contributed by atoms with Gasteiger partial charge < -0.3 is 5.11 Å². The van der Waals surface area contributed by atoms with Crippen molar-refractivity contribution in [3.8, 4) is 0 Å². The fourth-order valence-corrected chi connectivity index (χ4v) is 2.47. The van der Waals surface area contributed by atoms with Gasteiger partial charge in [-0.15, -0.1) is 0 Å². The van der Waals surface area contributed by atoms with Gasteiger partial charge in [0.2, 0.25) is 0 Å². The van der Waals surface area contributed by atoms with E-state index >= 15 is 0 Å². The van der Waals surface area contributed by atoms with Crippen LogP contribution in [0, 0.1) is 0 Å². The first-order chi connectivity index (χ1) is 7.22. The third-order valence-corrected chi connectivity index (χ3v) is 3.56. The smallest absolute Gasteiger partial charge is 0.308 e. The highest BCUT2D eigenvalue weighted by Crippen LogP contribution is 2.16. The summed E-state index contributed by atoms with van der Waals surface area (Å²) in [6.45, 7) is 0.312. The molecule has 3 nitrogen and oxygen atoms in total. The number of hydrogen-bond donors (Lipinski definition) is 2. The van der Waals surface area contributed by atoms with Gasteiger partial charge in [0.1, 0.15) is 0 Å². The van der Waals surface area contributed by atoms with E-state index in [1.165, 1.54) is 11.3 Å². The van der Waals surface area contributed by atoms with E-state index in [0.29, 0.717) is 12.3 Å². The van der Waals surface area contributed by atoms with E-state index in [9.17, 15) is 9.90 Å². The fraction of sp³-hybridized carbons (Fsp3) is 0.300. The van der Waals surface area contributed by atoms with Gasteiger partial charge in [0.05, 0.1) is 22.9 Å². The van der Waals surface area contributed by atoms with Gasteiger partial charge in [-0.25, -0.2) is 0 Å². The van der Waals surface area contributed by atoms with E-state index < -0.39 is 6.10 Å². The largest absolute Gasteiger partial charge is 0.390 e. The number of aliphatic hydroxyl groups excluding tert-OH is 1. The molecule has 5 heteroatoms. The molecule has 0 spiro atoms. The second-order valence-corrected chi connectivity index (χ2v) is 4.64. The molecule has 0 saturated carbocycles. The number of nitrogens with zero attached hydrogens (tertiary/aromatic N) is 1. The summed E-state index contributed by atoms with van der Waals surface area (Å²) in [6.07, 6.45) is -0.580. The van der Waals surface area contributed by atoms with Crippen LogP contribution in [0.3, 0.4) is 0 Å². The molecule has 0 amide bonds. The number of para-hydroxylation sites is 1. The predicted molar refractivity (Wildman–Crippen MR) is 65.9 cm³/mol. The van der Waals surface area contributed by atoms with Gasteiger partial charge in [-0.05, 0) is 12.1 Å². The Bertz CT molecular complexity index is 517. The molecule has 0 radical (unpaired) electrons. The minimum atomic E-state index is -0.580. The summed E-state index contributed by atoms with van der Waals surface area (Å²) in [6, 6.07) is 7.58. The molecule has 0 aliphatic rings. The van der Waals surface area contributed by atoms with Gasteiger partial charge in [-0.2, -0.15) is 12.6 Å². The Labute approximate surface area is 96.4 Å². The quantitative estimate of drug-likeness (QED) is 0.797. The summed E-state index contributed by atoms with van der Waals surface area (Å²) in [5.41, 5.74) is 0.883. The number of thiazole rings is 1. The summed E-state index contributed by atoms with van der Waals surface area (Å²) in [4.78, 5) is 11.6. The van der Waals surface area contributed by atoms with Crippen LogP contribution in [-0.2, 0) is 6.54 Å². The Hall–Kier alpha value is -0.780. The summed E-state index contributed by atoms with van der Waals surface area (Å²) < 4.78 is 2.55. The molecular weight excluding hydrogens is 230 g/mol. The molecule has 1 aromatic heterocycles. The summed E-state index contributed by atoms with van der Waals surface area (Å²) >= 11 is 5.20. The van der Waals surface area contributed by atoms with Crippen LogP contribution in [0.25, 0.3) is 10.2 Å². The topological polar surface area (TPSA) is 42.2 Å². The van der Waals surface area contributed by atoms with Crippen LogP contribution in [0.4, 0.5) is 0 Å². The molecule has 2 aromatic rings. The second-order valence-electron chi connectivity index (χ2n) is 3.28. The van der Waals surface area contributed by atoms with Crippen molar-refractivity contribution in [2.75, 3.05) is 5.75 Å². The van der Waals surface area contributed by atoms with Crippen molar-refractivity contribution in [2.24, 2.45) is 0 Å². The zero-order chi connectivity index (χ0) is 10.8. The number of thiol groups is 1. The van der Waals surface area contributed by atoms with E-state index in [0.717, 1.165) is 10.2 Å². The zero-order valence-electron chi connectivity index (χ0n) is 7.96. The average molecular weight is 241 g/mol. The first-order valence-corrected chi connectivity index (χ1v) is 6.04. The van der Waals surface area contributed by atoms with Crippen LogP contribution in [0.2, 0.25) is 0 Å². The van der Waals surface area contributed by atoms with E-state index in [4.69, 9.17) is 0 Å². The highest BCUT2D eigenvalue weighted by atomic mass is 32.1. The lowest BCUT2D eigenvalue weighted by Crippen LogP contribution is -2.23. The highest BCUT2D eigenvalue weighted by Gasteiger charge is 2.10. The van der Waals surface area contributed by atoms with E-state index in [1.54, 1.807) is 4.57 Å². The standard InChI is InChI=1S/C10H11NO2S2/c12-7(6-14)5-11-8-3-1-2-4-9(8)15-10(11)13/h1-4,7,12,14H,5-6H2.